The molecule has 0 aromatic heterocycles. The lowest BCUT2D eigenvalue weighted by atomic mass is 10.1. The summed E-state index contributed by atoms with van der Waals surface area (Å²) in [5, 5.41) is 0. The average molecular weight is 370 g/mol. The molecule has 0 saturated carbocycles. The molecule has 0 aliphatic heterocycles. The van der Waals surface area contributed by atoms with Gasteiger partial charge in [-0.3, -0.25) is 0 Å². The van der Waals surface area contributed by atoms with Crippen LogP contribution in [0.2, 0.25) is 0 Å². The van der Waals surface area contributed by atoms with Gasteiger partial charge >= 0.3 is 0 Å². The van der Waals surface area contributed by atoms with Crippen LogP contribution in [0.4, 0.5) is 4.39 Å². The van der Waals surface area contributed by atoms with E-state index in [1.54, 1.807) is 12.1 Å². The molecule has 0 radical (unpaired) electrons. The summed E-state index contributed by atoms with van der Waals surface area (Å²) in [4.78, 5) is 0. The van der Waals surface area contributed by atoms with Gasteiger partial charge in [0.15, 0.2) is 0 Å². The summed E-state index contributed by atoms with van der Waals surface area (Å²) < 4.78 is 15.4. The van der Waals surface area contributed by atoms with Crippen LogP contribution in [0.15, 0.2) is 45.3 Å². The van der Waals surface area contributed by atoms with E-state index in [4.69, 9.17) is 0 Å². The summed E-state index contributed by atoms with van der Waals surface area (Å²) in [5.74, 6) is -0.228. The zero-order valence-electron chi connectivity index (χ0n) is 9.75. The topological polar surface area (TPSA) is 0 Å². The number of hydrogen-bond acceptors (Lipinski definition) is 0. The summed E-state index contributed by atoms with van der Waals surface area (Å²) >= 11 is 6.73. The Balaban J connectivity index is 2.33. The Kier molecular flexibility index (Phi) is 4.36. The Bertz CT molecular complexity index is 603. The first-order chi connectivity index (χ1) is 8.58. The van der Waals surface area contributed by atoms with Crippen LogP contribution < -0.4 is 0 Å². The van der Waals surface area contributed by atoms with Crippen LogP contribution in [0.5, 0.6) is 0 Å². The SMILES string of the molecule is Cc1c(Br)cccc1C=Cc1ccc(Br)cc1F. The maximum absolute atomic E-state index is 13.6. The molecule has 2 aromatic rings. The molecular formula is C15H11Br2F. The van der Waals surface area contributed by atoms with Crippen LogP contribution in [0.1, 0.15) is 16.7 Å². The van der Waals surface area contributed by atoms with Gasteiger partial charge in [0.1, 0.15) is 5.82 Å². The van der Waals surface area contributed by atoms with Crippen LogP contribution in [-0.2, 0) is 0 Å². The lowest BCUT2D eigenvalue weighted by Crippen LogP contribution is -1.83. The van der Waals surface area contributed by atoms with Gasteiger partial charge in [0.2, 0.25) is 0 Å². The van der Waals surface area contributed by atoms with Crippen molar-refractivity contribution in [3.63, 3.8) is 0 Å². The van der Waals surface area contributed by atoms with Gasteiger partial charge in [-0.15, -0.1) is 0 Å². The second-order valence-corrected chi connectivity index (χ2v) is 5.72. The van der Waals surface area contributed by atoms with Gasteiger partial charge in [-0.25, -0.2) is 4.39 Å². The normalized spacial score (nSPS) is 11.1. The van der Waals surface area contributed by atoms with E-state index in [1.165, 1.54) is 6.07 Å². The Morgan fingerprint density at radius 1 is 1.00 bits per heavy atom. The summed E-state index contributed by atoms with van der Waals surface area (Å²) in [5.41, 5.74) is 2.80. The van der Waals surface area contributed by atoms with Crippen LogP contribution >= 0.6 is 31.9 Å². The van der Waals surface area contributed by atoms with Crippen LogP contribution in [0, 0.1) is 12.7 Å². The molecule has 0 atom stereocenters. The van der Waals surface area contributed by atoms with Crippen LogP contribution in [-0.4, -0.2) is 0 Å². The van der Waals surface area contributed by atoms with Crippen molar-refractivity contribution in [1.29, 1.82) is 0 Å². The second-order valence-electron chi connectivity index (χ2n) is 3.95. The van der Waals surface area contributed by atoms with E-state index in [2.05, 4.69) is 31.9 Å². The molecule has 0 aliphatic carbocycles. The molecule has 0 saturated heterocycles. The fraction of sp³-hybridized carbons (Fsp3) is 0.0667. The largest absolute Gasteiger partial charge is 0.206 e. The zero-order valence-corrected chi connectivity index (χ0v) is 12.9. The van der Waals surface area contributed by atoms with Gasteiger partial charge < -0.3 is 0 Å². The van der Waals surface area contributed by atoms with Gasteiger partial charge in [0, 0.05) is 14.5 Å². The van der Waals surface area contributed by atoms with E-state index in [-0.39, 0.29) is 5.82 Å². The summed E-state index contributed by atoms with van der Waals surface area (Å²) in [7, 11) is 0. The number of halogens is 3. The molecule has 2 rings (SSSR count). The Morgan fingerprint density at radius 2 is 1.72 bits per heavy atom. The molecule has 18 heavy (non-hydrogen) atoms. The maximum Gasteiger partial charge on any atom is 0.131 e. The molecule has 0 fully saturated rings. The minimum atomic E-state index is -0.228. The molecule has 0 heterocycles. The highest BCUT2D eigenvalue weighted by Crippen LogP contribution is 2.22. The van der Waals surface area contributed by atoms with Gasteiger partial charge in [-0.05, 0) is 36.2 Å². The standard InChI is InChI=1S/C15H11Br2F/c1-10-11(3-2-4-14(10)17)5-6-12-7-8-13(16)9-15(12)18/h2-9H,1H3. The van der Waals surface area contributed by atoms with Gasteiger partial charge in [0.25, 0.3) is 0 Å². The fourth-order valence-corrected chi connectivity index (χ4v) is 2.34. The van der Waals surface area contributed by atoms with Crippen molar-refractivity contribution in [3.8, 4) is 0 Å². The van der Waals surface area contributed by atoms with E-state index in [0.717, 1.165) is 20.1 Å². The predicted molar refractivity (Wildman–Crippen MR) is 81.9 cm³/mol. The monoisotopic (exact) mass is 368 g/mol. The lowest BCUT2D eigenvalue weighted by Gasteiger charge is -2.03. The third-order valence-electron chi connectivity index (χ3n) is 2.71. The van der Waals surface area contributed by atoms with E-state index >= 15 is 0 Å². The molecular weight excluding hydrogens is 359 g/mol. The first-order valence-corrected chi connectivity index (χ1v) is 7.05. The van der Waals surface area contributed by atoms with Gasteiger partial charge in [0.05, 0.1) is 0 Å². The van der Waals surface area contributed by atoms with Crippen molar-refractivity contribution in [2.24, 2.45) is 0 Å². The summed E-state index contributed by atoms with van der Waals surface area (Å²) in [6.45, 7) is 2.03. The highest BCUT2D eigenvalue weighted by atomic mass is 79.9. The predicted octanol–water partition coefficient (Wildman–Crippen LogP) is 5.83. The molecule has 0 N–H and O–H groups in total. The molecule has 2 aromatic carbocycles. The second kappa shape index (κ2) is 5.81. The van der Waals surface area contributed by atoms with Crippen molar-refractivity contribution in [2.75, 3.05) is 0 Å². The van der Waals surface area contributed by atoms with Crippen molar-refractivity contribution < 1.29 is 4.39 Å². The first-order valence-electron chi connectivity index (χ1n) is 5.46. The molecule has 0 nitrogen and oxygen atoms in total. The molecule has 3 heteroatoms. The highest BCUT2D eigenvalue weighted by Gasteiger charge is 2.01. The number of rotatable bonds is 2. The smallest absolute Gasteiger partial charge is 0.131 e. The van der Waals surface area contributed by atoms with Crippen molar-refractivity contribution >= 4 is 44.0 Å². The van der Waals surface area contributed by atoms with Gasteiger partial charge in [-0.1, -0.05) is 62.2 Å². The van der Waals surface area contributed by atoms with Crippen LogP contribution in [0.3, 0.4) is 0 Å². The minimum Gasteiger partial charge on any atom is -0.206 e. The quantitative estimate of drug-likeness (QED) is 0.584. The molecule has 0 aliphatic rings. The van der Waals surface area contributed by atoms with Crippen molar-refractivity contribution in [2.45, 2.75) is 6.92 Å². The zero-order chi connectivity index (χ0) is 13.1. The van der Waals surface area contributed by atoms with E-state index in [1.807, 2.05) is 37.3 Å². The van der Waals surface area contributed by atoms with E-state index in [9.17, 15) is 4.39 Å². The Morgan fingerprint density at radius 3 is 2.44 bits per heavy atom. The Labute approximate surface area is 123 Å². The fourth-order valence-electron chi connectivity index (χ4n) is 1.62. The van der Waals surface area contributed by atoms with Gasteiger partial charge in [-0.2, -0.15) is 0 Å². The van der Waals surface area contributed by atoms with E-state index < -0.39 is 0 Å². The number of hydrogen-bond donors (Lipinski definition) is 0. The number of benzene rings is 2. The third-order valence-corrected chi connectivity index (χ3v) is 4.07. The third kappa shape index (κ3) is 3.09. The molecule has 0 bridgehead atoms. The maximum atomic E-state index is 13.6. The summed E-state index contributed by atoms with van der Waals surface area (Å²) in [6, 6.07) is 11.0. The van der Waals surface area contributed by atoms with Crippen molar-refractivity contribution in [1.82, 2.24) is 0 Å². The lowest BCUT2D eigenvalue weighted by molar-refractivity contribution is 0.624. The average Bonchev–Trinajstić information content (AvgIpc) is 2.33. The molecule has 0 amide bonds. The minimum absolute atomic E-state index is 0.228. The van der Waals surface area contributed by atoms with Crippen molar-refractivity contribution in [3.05, 3.63) is 67.9 Å². The van der Waals surface area contributed by atoms with Crippen LogP contribution in [0.25, 0.3) is 12.2 Å². The van der Waals surface area contributed by atoms with E-state index in [0.29, 0.717) is 5.56 Å². The first kappa shape index (κ1) is 13.5. The Hall–Kier alpha value is -0.930. The highest BCUT2D eigenvalue weighted by molar-refractivity contribution is 9.10. The summed E-state index contributed by atoms with van der Waals surface area (Å²) in [6.07, 6.45) is 3.71. The molecule has 0 unspecified atom stereocenters. The molecule has 92 valence electrons. The molecule has 0 spiro atoms.